The summed E-state index contributed by atoms with van der Waals surface area (Å²) < 4.78 is 0. The predicted octanol–water partition coefficient (Wildman–Crippen LogP) is 3.79. The summed E-state index contributed by atoms with van der Waals surface area (Å²) in [6.45, 7) is 4.11. The standard InChI is InChI=1S/C12H16ClNO2/c1-9(2)11(13)8-7-10-5-3-4-6-12(10)14(15)16/h3-6,9,11H,7-8H2,1-2H3. The van der Waals surface area contributed by atoms with E-state index in [2.05, 4.69) is 13.8 Å². The summed E-state index contributed by atoms with van der Waals surface area (Å²) in [4.78, 5) is 10.4. The van der Waals surface area contributed by atoms with Crippen molar-refractivity contribution in [3.63, 3.8) is 0 Å². The van der Waals surface area contributed by atoms with Gasteiger partial charge >= 0.3 is 0 Å². The second-order valence-electron chi connectivity index (χ2n) is 4.18. The molecule has 0 aromatic heterocycles. The number of benzene rings is 1. The van der Waals surface area contributed by atoms with Crippen LogP contribution in [0.3, 0.4) is 0 Å². The monoisotopic (exact) mass is 241 g/mol. The summed E-state index contributed by atoms with van der Waals surface area (Å²) in [5.41, 5.74) is 0.953. The van der Waals surface area contributed by atoms with Crippen LogP contribution in [0, 0.1) is 16.0 Å². The van der Waals surface area contributed by atoms with Crippen LogP contribution >= 0.6 is 11.6 Å². The SMILES string of the molecule is CC(C)C(Cl)CCc1ccccc1[N+](=O)[O-]. The molecule has 0 bridgehead atoms. The molecule has 0 fully saturated rings. The molecule has 1 aromatic carbocycles. The molecule has 1 unspecified atom stereocenters. The van der Waals surface area contributed by atoms with Crippen molar-refractivity contribution in [2.24, 2.45) is 5.92 Å². The Morgan fingerprint density at radius 2 is 2.00 bits per heavy atom. The minimum absolute atomic E-state index is 0.0693. The fourth-order valence-electron chi connectivity index (χ4n) is 1.53. The second kappa shape index (κ2) is 5.85. The van der Waals surface area contributed by atoms with Crippen LogP contribution in [-0.2, 0) is 6.42 Å². The first-order valence-corrected chi connectivity index (χ1v) is 5.82. The molecule has 0 spiro atoms. The van der Waals surface area contributed by atoms with Gasteiger partial charge in [-0.2, -0.15) is 0 Å². The Balaban J connectivity index is 2.70. The van der Waals surface area contributed by atoms with Crippen molar-refractivity contribution in [2.75, 3.05) is 0 Å². The number of hydrogen-bond donors (Lipinski definition) is 0. The first-order chi connectivity index (χ1) is 7.52. The van der Waals surface area contributed by atoms with Crippen LogP contribution in [-0.4, -0.2) is 10.3 Å². The molecule has 3 nitrogen and oxygen atoms in total. The number of rotatable bonds is 5. The number of nitro benzene ring substituents is 1. The van der Waals surface area contributed by atoms with Crippen LogP contribution in [0.15, 0.2) is 24.3 Å². The number of nitrogens with zero attached hydrogens (tertiary/aromatic N) is 1. The zero-order valence-corrected chi connectivity index (χ0v) is 10.3. The molecule has 0 saturated carbocycles. The van der Waals surface area contributed by atoms with Gasteiger partial charge in [-0.05, 0) is 18.8 Å². The van der Waals surface area contributed by atoms with E-state index in [1.807, 2.05) is 6.07 Å². The van der Waals surface area contributed by atoms with Crippen LogP contribution in [0.1, 0.15) is 25.8 Å². The summed E-state index contributed by atoms with van der Waals surface area (Å²) in [6, 6.07) is 6.83. The van der Waals surface area contributed by atoms with E-state index in [1.54, 1.807) is 12.1 Å². The molecule has 16 heavy (non-hydrogen) atoms. The molecular weight excluding hydrogens is 226 g/mol. The fraction of sp³-hybridized carbons (Fsp3) is 0.500. The smallest absolute Gasteiger partial charge is 0.258 e. The van der Waals surface area contributed by atoms with E-state index < -0.39 is 0 Å². The van der Waals surface area contributed by atoms with Gasteiger partial charge < -0.3 is 0 Å². The van der Waals surface area contributed by atoms with Gasteiger partial charge in [-0.1, -0.05) is 32.0 Å². The molecule has 0 heterocycles. The maximum Gasteiger partial charge on any atom is 0.272 e. The largest absolute Gasteiger partial charge is 0.272 e. The van der Waals surface area contributed by atoms with Crippen molar-refractivity contribution in [3.8, 4) is 0 Å². The highest BCUT2D eigenvalue weighted by Crippen LogP contribution is 2.22. The molecule has 88 valence electrons. The molecule has 1 atom stereocenters. The van der Waals surface area contributed by atoms with E-state index >= 15 is 0 Å². The molecule has 1 aromatic rings. The summed E-state index contributed by atoms with van der Waals surface area (Å²) in [5, 5.41) is 10.8. The van der Waals surface area contributed by atoms with Crippen molar-refractivity contribution in [3.05, 3.63) is 39.9 Å². The molecule has 0 N–H and O–H groups in total. The normalized spacial score (nSPS) is 12.8. The maximum atomic E-state index is 10.8. The van der Waals surface area contributed by atoms with Gasteiger partial charge in [0.25, 0.3) is 5.69 Å². The van der Waals surface area contributed by atoms with Crippen molar-refractivity contribution in [1.82, 2.24) is 0 Å². The van der Waals surface area contributed by atoms with E-state index in [4.69, 9.17) is 11.6 Å². The quantitative estimate of drug-likeness (QED) is 0.447. The van der Waals surface area contributed by atoms with E-state index in [0.29, 0.717) is 12.3 Å². The summed E-state index contributed by atoms with van der Waals surface area (Å²) in [7, 11) is 0. The highest BCUT2D eigenvalue weighted by molar-refractivity contribution is 6.20. The Morgan fingerprint density at radius 3 is 2.56 bits per heavy atom. The Hall–Kier alpha value is -1.09. The highest BCUT2D eigenvalue weighted by Gasteiger charge is 2.15. The van der Waals surface area contributed by atoms with E-state index in [0.717, 1.165) is 12.0 Å². The topological polar surface area (TPSA) is 43.1 Å². The van der Waals surface area contributed by atoms with E-state index in [9.17, 15) is 10.1 Å². The summed E-state index contributed by atoms with van der Waals surface area (Å²) >= 11 is 6.13. The van der Waals surface area contributed by atoms with Gasteiger partial charge in [0.15, 0.2) is 0 Å². The number of nitro groups is 1. The second-order valence-corrected chi connectivity index (χ2v) is 4.75. The molecule has 0 aliphatic rings. The molecule has 0 aliphatic carbocycles. The number of alkyl halides is 1. The number of para-hydroxylation sites is 1. The Morgan fingerprint density at radius 1 is 1.38 bits per heavy atom. The van der Waals surface area contributed by atoms with Gasteiger partial charge in [0.2, 0.25) is 0 Å². The minimum atomic E-state index is -0.339. The zero-order chi connectivity index (χ0) is 12.1. The number of hydrogen-bond acceptors (Lipinski definition) is 2. The van der Waals surface area contributed by atoms with Crippen LogP contribution in [0.2, 0.25) is 0 Å². The lowest BCUT2D eigenvalue weighted by molar-refractivity contribution is -0.385. The zero-order valence-electron chi connectivity index (χ0n) is 9.52. The van der Waals surface area contributed by atoms with Crippen molar-refractivity contribution in [2.45, 2.75) is 32.1 Å². The van der Waals surface area contributed by atoms with Gasteiger partial charge in [0.05, 0.1) is 4.92 Å². The first kappa shape index (κ1) is 13.0. The van der Waals surface area contributed by atoms with Crippen molar-refractivity contribution in [1.29, 1.82) is 0 Å². The van der Waals surface area contributed by atoms with Crippen LogP contribution in [0.5, 0.6) is 0 Å². The lowest BCUT2D eigenvalue weighted by atomic mass is 10.0. The third kappa shape index (κ3) is 3.49. The number of aryl methyl sites for hydroxylation is 1. The van der Waals surface area contributed by atoms with Gasteiger partial charge in [-0.3, -0.25) is 10.1 Å². The molecule has 0 radical (unpaired) electrons. The lowest BCUT2D eigenvalue weighted by Gasteiger charge is -2.12. The Labute approximate surface area is 101 Å². The van der Waals surface area contributed by atoms with Crippen molar-refractivity contribution >= 4 is 17.3 Å². The molecule has 0 saturated heterocycles. The minimum Gasteiger partial charge on any atom is -0.258 e. The average Bonchev–Trinajstić information content (AvgIpc) is 2.25. The third-order valence-corrected chi connectivity index (χ3v) is 3.32. The Kier molecular flexibility index (Phi) is 4.74. The van der Waals surface area contributed by atoms with Crippen LogP contribution in [0.4, 0.5) is 5.69 Å². The molecule has 4 heteroatoms. The van der Waals surface area contributed by atoms with Crippen LogP contribution < -0.4 is 0 Å². The summed E-state index contributed by atoms with van der Waals surface area (Å²) in [5.74, 6) is 0.393. The van der Waals surface area contributed by atoms with E-state index in [1.165, 1.54) is 6.07 Å². The van der Waals surface area contributed by atoms with Gasteiger partial charge in [-0.25, -0.2) is 0 Å². The van der Waals surface area contributed by atoms with Gasteiger partial charge in [0.1, 0.15) is 0 Å². The van der Waals surface area contributed by atoms with Crippen molar-refractivity contribution < 1.29 is 4.92 Å². The Bertz CT molecular complexity index is 366. The van der Waals surface area contributed by atoms with E-state index in [-0.39, 0.29) is 16.0 Å². The first-order valence-electron chi connectivity index (χ1n) is 5.38. The maximum absolute atomic E-state index is 10.8. The average molecular weight is 242 g/mol. The third-order valence-electron chi connectivity index (χ3n) is 2.60. The molecule has 1 rings (SSSR count). The molecular formula is C12H16ClNO2. The van der Waals surface area contributed by atoms with Crippen LogP contribution in [0.25, 0.3) is 0 Å². The summed E-state index contributed by atoms with van der Waals surface area (Å²) in [6.07, 6.45) is 1.42. The predicted molar refractivity (Wildman–Crippen MR) is 65.9 cm³/mol. The molecule has 0 amide bonds. The van der Waals surface area contributed by atoms with Gasteiger partial charge in [-0.15, -0.1) is 11.6 Å². The highest BCUT2D eigenvalue weighted by atomic mass is 35.5. The number of halogens is 1. The molecule has 0 aliphatic heterocycles. The van der Waals surface area contributed by atoms with Gasteiger partial charge in [0, 0.05) is 17.0 Å². The fourth-order valence-corrected chi connectivity index (χ4v) is 1.64. The lowest BCUT2D eigenvalue weighted by Crippen LogP contribution is -2.09.